The molecule has 0 aromatic heterocycles. The summed E-state index contributed by atoms with van der Waals surface area (Å²) in [7, 11) is 1.54. The van der Waals surface area contributed by atoms with Crippen molar-refractivity contribution < 1.29 is 19.1 Å². The molecule has 3 aromatic rings. The highest BCUT2D eigenvalue weighted by molar-refractivity contribution is 6.46. The first-order valence-electron chi connectivity index (χ1n) is 10.9. The lowest BCUT2D eigenvalue weighted by molar-refractivity contribution is -0.120. The van der Waals surface area contributed by atoms with Gasteiger partial charge in [0.1, 0.15) is 17.2 Å². The number of carbonyl (C=O) groups excluding carboxylic acids is 2. The van der Waals surface area contributed by atoms with Crippen molar-refractivity contribution in [2.24, 2.45) is 0 Å². The molecule has 1 aliphatic heterocycles. The van der Waals surface area contributed by atoms with E-state index in [-0.39, 0.29) is 11.3 Å². The SMILES string of the molecule is CCCOc1cccc(NC2=C(c3ccccc3OC)C(=O)N(c3ccc(C)cc3)C2=O)c1. The highest BCUT2D eigenvalue weighted by Crippen LogP contribution is 2.37. The third-order valence-electron chi connectivity index (χ3n) is 5.33. The lowest BCUT2D eigenvalue weighted by atomic mass is 10.0. The van der Waals surface area contributed by atoms with Crippen molar-refractivity contribution in [1.82, 2.24) is 0 Å². The molecule has 33 heavy (non-hydrogen) atoms. The summed E-state index contributed by atoms with van der Waals surface area (Å²) in [5.41, 5.74) is 3.21. The van der Waals surface area contributed by atoms with Crippen LogP contribution in [0.4, 0.5) is 11.4 Å². The molecule has 0 atom stereocenters. The van der Waals surface area contributed by atoms with Gasteiger partial charge in [0, 0.05) is 17.3 Å². The van der Waals surface area contributed by atoms with E-state index in [4.69, 9.17) is 9.47 Å². The van der Waals surface area contributed by atoms with Crippen molar-refractivity contribution in [2.75, 3.05) is 23.9 Å². The molecular weight excluding hydrogens is 416 g/mol. The second kappa shape index (κ2) is 9.61. The van der Waals surface area contributed by atoms with Crippen LogP contribution in [0.3, 0.4) is 0 Å². The van der Waals surface area contributed by atoms with Crippen LogP contribution < -0.4 is 19.7 Å². The molecule has 1 aliphatic rings. The lowest BCUT2D eigenvalue weighted by Gasteiger charge is -2.16. The van der Waals surface area contributed by atoms with Crippen LogP contribution in [0.5, 0.6) is 11.5 Å². The molecule has 6 nitrogen and oxygen atoms in total. The summed E-state index contributed by atoms with van der Waals surface area (Å²) in [6.07, 6.45) is 0.888. The number of anilines is 2. The zero-order valence-electron chi connectivity index (χ0n) is 18.9. The number of amides is 2. The molecule has 0 saturated heterocycles. The minimum Gasteiger partial charge on any atom is -0.496 e. The molecule has 2 amide bonds. The Morgan fingerprint density at radius 2 is 1.67 bits per heavy atom. The monoisotopic (exact) mass is 442 g/mol. The molecule has 168 valence electrons. The van der Waals surface area contributed by atoms with Gasteiger partial charge in [-0.25, -0.2) is 4.90 Å². The second-order valence-electron chi connectivity index (χ2n) is 7.73. The fraction of sp³-hybridized carbons (Fsp3) is 0.185. The van der Waals surface area contributed by atoms with Crippen LogP contribution in [0, 0.1) is 6.92 Å². The minimum atomic E-state index is -0.426. The Kier molecular flexibility index (Phi) is 6.45. The van der Waals surface area contributed by atoms with E-state index in [2.05, 4.69) is 5.32 Å². The number of benzene rings is 3. The first-order valence-corrected chi connectivity index (χ1v) is 10.9. The number of nitrogens with zero attached hydrogens (tertiary/aromatic N) is 1. The zero-order chi connectivity index (χ0) is 23.4. The molecule has 0 fully saturated rings. The summed E-state index contributed by atoms with van der Waals surface area (Å²) in [4.78, 5) is 28.4. The van der Waals surface area contributed by atoms with Gasteiger partial charge >= 0.3 is 0 Å². The third kappa shape index (κ3) is 4.46. The molecule has 0 bridgehead atoms. The molecule has 1 N–H and O–H groups in total. The molecule has 3 aromatic carbocycles. The predicted molar refractivity (Wildman–Crippen MR) is 129 cm³/mol. The number of nitrogens with one attached hydrogen (secondary N) is 1. The number of methoxy groups -OCH3 is 1. The van der Waals surface area contributed by atoms with Crippen molar-refractivity contribution in [2.45, 2.75) is 20.3 Å². The van der Waals surface area contributed by atoms with Gasteiger partial charge in [0.25, 0.3) is 11.8 Å². The second-order valence-corrected chi connectivity index (χ2v) is 7.73. The van der Waals surface area contributed by atoms with Crippen molar-refractivity contribution in [1.29, 1.82) is 0 Å². The Morgan fingerprint density at radius 1 is 0.909 bits per heavy atom. The highest BCUT2D eigenvalue weighted by atomic mass is 16.5. The topological polar surface area (TPSA) is 67.9 Å². The van der Waals surface area contributed by atoms with E-state index in [1.807, 2.05) is 62.4 Å². The van der Waals surface area contributed by atoms with Gasteiger partial charge < -0.3 is 14.8 Å². The van der Waals surface area contributed by atoms with Crippen molar-refractivity contribution in [3.8, 4) is 11.5 Å². The number of para-hydroxylation sites is 1. The standard InChI is InChI=1S/C27H26N2O4/c1-4-16-33-21-9-7-8-19(17-21)28-25-24(22-10-5-6-11-23(22)32-3)26(30)29(27(25)31)20-14-12-18(2)13-15-20/h5-15,17,28H,4,16H2,1-3H3. The number of hydrogen-bond acceptors (Lipinski definition) is 5. The van der Waals surface area contributed by atoms with Gasteiger partial charge in [-0.1, -0.05) is 48.9 Å². The van der Waals surface area contributed by atoms with Gasteiger partial charge in [-0.15, -0.1) is 0 Å². The summed E-state index contributed by atoms with van der Waals surface area (Å²) in [5, 5.41) is 3.18. The van der Waals surface area contributed by atoms with Crippen molar-refractivity contribution in [3.63, 3.8) is 0 Å². The smallest absolute Gasteiger partial charge is 0.282 e. The summed E-state index contributed by atoms with van der Waals surface area (Å²) >= 11 is 0. The summed E-state index contributed by atoms with van der Waals surface area (Å²) in [6.45, 7) is 4.59. The predicted octanol–water partition coefficient (Wildman–Crippen LogP) is 5.19. The molecule has 0 aliphatic carbocycles. The van der Waals surface area contributed by atoms with Crippen LogP contribution in [0.1, 0.15) is 24.5 Å². The Morgan fingerprint density at radius 3 is 2.39 bits per heavy atom. The largest absolute Gasteiger partial charge is 0.496 e. The van der Waals surface area contributed by atoms with Crippen LogP contribution in [-0.4, -0.2) is 25.5 Å². The Bertz CT molecular complexity index is 1210. The van der Waals surface area contributed by atoms with E-state index in [0.717, 1.165) is 12.0 Å². The number of aryl methyl sites for hydroxylation is 1. The van der Waals surface area contributed by atoms with Crippen LogP contribution in [0.15, 0.2) is 78.5 Å². The number of imide groups is 1. The van der Waals surface area contributed by atoms with Gasteiger partial charge in [-0.05, 0) is 43.7 Å². The summed E-state index contributed by atoms with van der Waals surface area (Å²) in [6, 6.07) is 21.8. The maximum Gasteiger partial charge on any atom is 0.282 e. The third-order valence-corrected chi connectivity index (χ3v) is 5.33. The van der Waals surface area contributed by atoms with Gasteiger partial charge in [-0.2, -0.15) is 0 Å². The molecule has 0 unspecified atom stereocenters. The van der Waals surface area contributed by atoms with Crippen LogP contribution in [0.25, 0.3) is 5.57 Å². The highest BCUT2D eigenvalue weighted by Gasteiger charge is 2.41. The number of ether oxygens (including phenoxy) is 2. The lowest BCUT2D eigenvalue weighted by Crippen LogP contribution is -2.32. The van der Waals surface area contributed by atoms with Gasteiger partial charge in [-0.3, -0.25) is 9.59 Å². The first-order chi connectivity index (χ1) is 16.0. The fourth-order valence-corrected chi connectivity index (χ4v) is 3.70. The maximum absolute atomic E-state index is 13.6. The van der Waals surface area contributed by atoms with Crippen LogP contribution in [-0.2, 0) is 9.59 Å². The quantitative estimate of drug-likeness (QED) is 0.487. The van der Waals surface area contributed by atoms with E-state index >= 15 is 0 Å². The molecule has 6 heteroatoms. The molecule has 0 radical (unpaired) electrons. The van der Waals surface area contributed by atoms with Crippen molar-refractivity contribution in [3.05, 3.63) is 89.6 Å². The number of carbonyl (C=O) groups is 2. The van der Waals surface area contributed by atoms with Gasteiger partial charge in [0.2, 0.25) is 0 Å². The number of rotatable bonds is 8. The average molecular weight is 443 g/mol. The van der Waals surface area contributed by atoms with Gasteiger partial charge in [0.05, 0.1) is 25.0 Å². The first kappa shape index (κ1) is 22.1. The fourth-order valence-electron chi connectivity index (χ4n) is 3.70. The summed E-state index contributed by atoms with van der Waals surface area (Å²) in [5.74, 6) is 0.367. The van der Waals surface area contributed by atoms with E-state index in [9.17, 15) is 9.59 Å². The Hall–Kier alpha value is -4.06. The van der Waals surface area contributed by atoms with E-state index in [0.29, 0.717) is 35.0 Å². The van der Waals surface area contributed by atoms with Crippen LogP contribution in [0.2, 0.25) is 0 Å². The molecular formula is C27H26N2O4. The molecule has 4 rings (SSSR count). The Labute approximate surface area is 193 Å². The number of hydrogen-bond donors (Lipinski definition) is 1. The minimum absolute atomic E-state index is 0.192. The van der Waals surface area contributed by atoms with E-state index in [1.54, 1.807) is 31.4 Å². The Balaban J connectivity index is 1.80. The van der Waals surface area contributed by atoms with Crippen LogP contribution >= 0.6 is 0 Å². The average Bonchev–Trinajstić information content (AvgIpc) is 3.07. The van der Waals surface area contributed by atoms with E-state index < -0.39 is 11.8 Å². The van der Waals surface area contributed by atoms with Crippen molar-refractivity contribution >= 4 is 28.8 Å². The zero-order valence-corrected chi connectivity index (χ0v) is 18.9. The maximum atomic E-state index is 13.6. The molecule has 0 spiro atoms. The normalized spacial score (nSPS) is 13.5. The van der Waals surface area contributed by atoms with E-state index in [1.165, 1.54) is 4.90 Å². The van der Waals surface area contributed by atoms with Gasteiger partial charge in [0.15, 0.2) is 0 Å². The summed E-state index contributed by atoms with van der Waals surface area (Å²) < 4.78 is 11.2. The molecule has 1 heterocycles. The molecule has 0 saturated carbocycles.